The molecule has 1 fully saturated rings. The monoisotopic (exact) mass is 560 g/mol. The molecule has 0 radical (unpaired) electrons. The SMILES string of the molecule is CCCN(Cc1ncc(-c2ccc(-c3ccc(-c4cnc([C@@H]5CCCN5)s4)cc3)cc2)s1)C(=O)OC(C)(C)C. The van der Waals surface area contributed by atoms with E-state index in [-0.39, 0.29) is 6.09 Å². The Balaban J connectivity index is 1.24. The van der Waals surface area contributed by atoms with Crippen molar-refractivity contribution in [3.8, 4) is 32.0 Å². The molecule has 5 rings (SSSR count). The van der Waals surface area contributed by atoms with Gasteiger partial charge in [-0.05, 0) is 68.8 Å². The second-order valence-corrected chi connectivity index (χ2v) is 13.1. The molecule has 0 spiro atoms. The number of aromatic nitrogens is 2. The number of amides is 1. The number of carbonyl (C=O) groups excluding carboxylic acids is 1. The van der Waals surface area contributed by atoms with E-state index < -0.39 is 5.60 Å². The summed E-state index contributed by atoms with van der Waals surface area (Å²) in [6.45, 7) is 9.91. The summed E-state index contributed by atoms with van der Waals surface area (Å²) in [5, 5.41) is 5.63. The third-order valence-corrected chi connectivity index (χ3v) is 8.77. The second kappa shape index (κ2) is 12.0. The van der Waals surface area contributed by atoms with Crippen molar-refractivity contribution in [2.75, 3.05) is 13.1 Å². The smallest absolute Gasteiger partial charge is 0.410 e. The molecule has 0 saturated carbocycles. The zero-order valence-electron chi connectivity index (χ0n) is 23.1. The Morgan fingerprint density at radius 3 is 2.10 bits per heavy atom. The Labute approximate surface area is 239 Å². The summed E-state index contributed by atoms with van der Waals surface area (Å²) in [4.78, 5) is 25.9. The first kappa shape index (κ1) is 27.5. The zero-order chi connectivity index (χ0) is 27.4. The molecule has 8 heteroatoms. The van der Waals surface area contributed by atoms with Crippen molar-refractivity contribution in [3.05, 3.63) is 70.9 Å². The number of carbonyl (C=O) groups is 1. The molecule has 1 amide bonds. The van der Waals surface area contributed by atoms with Gasteiger partial charge in [0.1, 0.15) is 15.6 Å². The van der Waals surface area contributed by atoms with Gasteiger partial charge >= 0.3 is 6.09 Å². The predicted molar refractivity (Wildman–Crippen MR) is 161 cm³/mol. The number of nitrogens with zero attached hydrogens (tertiary/aromatic N) is 3. The van der Waals surface area contributed by atoms with Gasteiger partial charge in [0.05, 0.1) is 22.3 Å². The first-order chi connectivity index (χ1) is 18.8. The van der Waals surface area contributed by atoms with E-state index in [9.17, 15) is 4.79 Å². The predicted octanol–water partition coefficient (Wildman–Crippen LogP) is 8.17. The molecular weight excluding hydrogens is 525 g/mol. The van der Waals surface area contributed by atoms with Crippen LogP contribution in [0.25, 0.3) is 32.0 Å². The third-order valence-electron chi connectivity index (χ3n) is 6.58. The van der Waals surface area contributed by atoms with Gasteiger partial charge in [-0.2, -0.15) is 0 Å². The van der Waals surface area contributed by atoms with Crippen LogP contribution in [0.1, 0.15) is 63.0 Å². The maximum Gasteiger partial charge on any atom is 0.410 e. The van der Waals surface area contributed by atoms with Crippen LogP contribution in [0.4, 0.5) is 4.79 Å². The molecular formula is C31H36N4O2S2. The number of thiazole rings is 2. The Kier molecular flexibility index (Phi) is 8.45. The lowest BCUT2D eigenvalue weighted by Gasteiger charge is -2.26. The van der Waals surface area contributed by atoms with Crippen LogP contribution in [0.2, 0.25) is 0 Å². The summed E-state index contributed by atoms with van der Waals surface area (Å²) in [5.41, 5.74) is 4.17. The minimum absolute atomic E-state index is 0.293. The molecule has 3 heterocycles. The van der Waals surface area contributed by atoms with Gasteiger partial charge in [-0.3, -0.25) is 0 Å². The number of ether oxygens (including phenoxy) is 1. The topological polar surface area (TPSA) is 67.4 Å². The molecule has 6 nitrogen and oxygen atoms in total. The average Bonchev–Trinajstić information content (AvgIpc) is 3.70. The summed E-state index contributed by atoms with van der Waals surface area (Å²) in [6.07, 6.45) is 6.87. The highest BCUT2D eigenvalue weighted by Gasteiger charge is 2.23. The molecule has 1 saturated heterocycles. The van der Waals surface area contributed by atoms with Crippen molar-refractivity contribution in [3.63, 3.8) is 0 Å². The second-order valence-electron chi connectivity index (χ2n) is 10.9. The Bertz CT molecular complexity index is 1380. The fraction of sp³-hybridized carbons (Fsp3) is 0.387. The Morgan fingerprint density at radius 2 is 1.54 bits per heavy atom. The van der Waals surface area contributed by atoms with Gasteiger partial charge in [0.2, 0.25) is 0 Å². The first-order valence-corrected chi connectivity index (χ1v) is 15.3. The van der Waals surface area contributed by atoms with Crippen molar-refractivity contribution in [1.82, 2.24) is 20.2 Å². The molecule has 0 aliphatic carbocycles. The lowest BCUT2D eigenvalue weighted by molar-refractivity contribution is 0.0233. The van der Waals surface area contributed by atoms with Crippen LogP contribution in [0.15, 0.2) is 60.9 Å². The summed E-state index contributed by atoms with van der Waals surface area (Å²) < 4.78 is 5.58. The fourth-order valence-electron chi connectivity index (χ4n) is 4.64. The zero-order valence-corrected chi connectivity index (χ0v) is 24.7. The molecule has 1 N–H and O–H groups in total. The van der Waals surface area contributed by atoms with Gasteiger partial charge < -0.3 is 15.0 Å². The molecule has 39 heavy (non-hydrogen) atoms. The number of nitrogens with one attached hydrogen (secondary N) is 1. The first-order valence-electron chi connectivity index (χ1n) is 13.6. The molecule has 0 bridgehead atoms. The molecule has 0 unspecified atom stereocenters. The number of hydrogen-bond donors (Lipinski definition) is 1. The van der Waals surface area contributed by atoms with Crippen molar-refractivity contribution in [1.29, 1.82) is 0 Å². The van der Waals surface area contributed by atoms with Crippen LogP contribution in [-0.4, -0.2) is 39.7 Å². The van der Waals surface area contributed by atoms with Gasteiger partial charge in [0, 0.05) is 18.9 Å². The van der Waals surface area contributed by atoms with E-state index in [2.05, 4.69) is 70.7 Å². The molecule has 1 atom stereocenters. The standard InChI is InChI=1S/C31H36N4O2S2/c1-5-17-35(30(36)37-31(2,3)4)20-28-33-18-26(38-28)23-12-8-21(9-13-23)22-10-14-24(15-11-22)27-19-34-29(39-27)25-7-6-16-32-25/h8-15,18-19,25,32H,5-7,16-17,20H2,1-4H3/t25-/m0/s1. The van der Waals surface area contributed by atoms with E-state index in [1.54, 1.807) is 27.6 Å². The van der Waals surface area contributed by atoms with E-state index in [0.717, 1.165) is 28.4 Å². The lowest BCUT2D eigenvalue weighted by Crippen LogP contribution is -2.36. The summed E-state index contributed by atoms with van der Waals surface area (Å²) in [7, 11) is 0. The highest BCUT2D eigenvalue weighted by Crippen LogP contribution is 2.34. The van der Waals surface area contributed by atoms with Crippen LogP contribution < -0.4 is 5.32 Å². The van der Waals surface area contributed by atoms with E-state index in [0.29, 0.717) is 19.1 Å². The van der Waals surface area contributed by atoms with Gasteiger partial charge in [-0.15, -0.1) is 22.7 Å². The van der Waals surface area contributed by atoms with Gasteiger partial charge in [-0.1, -0.05) is 55.5 Å². The highest BCUT2D eigenvalue weighted by atomic mass is 32.1. The van der Waals surface area contributed by atoms with Crippen molar-refractivity contribution < 1.29 is 9.53 Å². The van der Waals surface area contributed by atoms with Gasteiger partial charge in [0.15, 0.2) is 0 Å². The Morgan fingerprint density at radius 1 is 0.949 bits per heavy atom. The number of hydrogen-bond acceptors (Lipinski definition) is 7. The van der Waals surface area contributed by atoms with Crippen LogP contribution in [-0.2, 0) is 11.3 Å². The van der Waals surface area contributed by atoms with Crippen molar-refractivity contribution in [2.45, 2.75) is 65.1 Å². The quantitative estimate of drug-likeness (QED) is 0.235. The summed E-state index contributed by atoms with van der Waals surface area (Å²) >= 11 is 3.41. The summed E-state index contributed by atoms with van der Waals surface area (Å²) in [6, 6.07) is 17.7. The molecule has 1 aliphatic heterocycles. The van der Waals surface area contributed by atoms with Crippen LogP contribution in [0.3, 0.4) is 0 Å². The van der Waals surface area contributed by atoms with Crippen LogP contribution in [0, 0.1) is 0 Å². The van der Waals surface area contributed by atoms with E-state index in [1.165, 1.54) is 39.4 Å². The normalized spacial score (nSPS) is 15.4. The van der Waals surface area contributed by atoms with E-state index in [4.69, 9.17) is 4.74 Å². The van der Waals surface area contributed by atoms with E-state index >= 15 is 0 Å². The van der Waals surface area contributed by atoms with Gasteiger partial charge in [0.25, 0.3) is 0 Å². The average molecular weight is 561 g/mol. The molecule has 204 valence electrons. The third kappa shape index (κ3) is 6.93. The fourth-order valence-corrected chi connectivity index (χ4v) is 6.62. The lowest BCUT2D eigenvalue weighted by atomic mass is 10.0. The van der Waals surface area contributed by atoms with Gasteiger partial charge in [-0.25, -0.2) is 14.8 Å². The largest absolute Gasteiger partial charge is 0.444 e. The summed E-state index contributed by atoms with van der Waals surface area (Å²) in [5.74, 6) is 0. The maximum atomic E-state index is 12.6. The number of benzene rings is 2. The maximum absolute atomic E-state index is 12.6. The van der Waals surface area contributed by atoms with Crippen molar-refractivity contribution in [2.24, 2.45) is 0 Å². The van der Waals surface area contributed by atoms with E-state index in [1.807, 2.05) is 33.2 Å². The number of rotatable bonds is 8. The molecule has 1 aliphatic rings. The molecule has 4 aromatic rings. The minimum atomic E-state index is -0.517. The van der Waals surface area contributed by atoms with Crippen LogP contribution >= 0.6 is 22.7 Å². The Hall–Kier alpha value is -3.07. The molecule has 2 aromatic carbocycles. The molecule has 2 aromatic heterocycles. The van der Waals surface area contributed by atoms with Crippen molar-refractivity contribution >= 4 is 28.8 Å². The van der Waals surface area contributed by atoms with Crippen LogP contribution in [0.5, 0.6) is 0 Å². The highest BCUT2D eigenvalue weighted by molar-refractivity contribution is 7.15. The minimum Gasteiger partial charge on any atom is -0.444 e.